The molecular weight excluding hydrogens is 1480 g/mol. The third-order valence-electron chi connectivity index (χ3n) is 22.1. The minimum absolute atomic E-state index is 0.0212. The molecule has 0 bridgehead atoms. The van der Waals surface area contributed by atoms with E-state index in [2.05, 4.69) is 55.2 Å². The summed E-state index contributed by atoms with van der Waals surface area (Å²) in [5.41, 5.74) is 2.02. The molecule has 30 heteroatoms. The zero-order valence-corrected chi connectivity index (χ0v) is 61.8. The van der Waals surface area contributed by atoms with E-state index in [4.69, 9.17) is 40.4 Å². The van der Waals surface area contributed by atoms with Crippen molar-refractivity contribution in [2.45, 2.75) is 160 Å². The molecule has 0 radical (unpaired) electrons. The monoisotopic (exact) mass is 1560 g/mol. The number of carbonyl (C=O) groups excluding carboxylic acids is 7. The van der Waals surface area contributed by atoms with Crippen molar-refractivity contribution in [3.8, 4) is 17.2 Å². The zero-order valence-electron chi connectivity index (χ0n) is 61.0. The third kappa shape index (κ3) is 20.5. The van der Waals surface area contributed by atoms with Crippen LogP contribution in [0.15, 0.2) is 164 Å². The highest BCUT2D eigenvalue weighted by atomic mass is 35.5. The van der Waals surface area contributed by atoms with E-state index < -0.39 is 89.5 Å². The second-order valence-corrected chi connectivity index (χ2v) is 29.7. The summed E-state index contributed by atoms with van der Waals surface area (Å²) in [6.07, 6.45) is -2.81. The summed E-state index contributed by atoms with van der Waals surface area (Å²) in [4.78, 5) is 99.1. The molecular formula is C81H87ClF6N6O17. The lowest BCUT2D eigenvalue weighted by Crippen LogP contribution is -2.51. The fraction of sp³-hybridized carbons (Fsp3) is 0.457. The van der Waals surface area contributed by atoms with Crippen LogP contribution in [0.4, 0.5) is 40.7 Å². The number of methoxy groups -OCH3 is 2. The van der Waals surface area contributed by atoms with E-state index in [9.17, 15) is 64.7 Å². The third-order valence-corrected chi connectivity index (χ3v) is 22.2. The number of aromatic carboxylic acids is 1. The van der Waals surface area contributed by atoms with Crippen LogP contribution in [0.2, 0.25) is 0 Å². The standard InChI is InChI=1S/C28H29F3N2O6.C25H28N2O5.C19H23F3N2O2.C9H7ClO4/c1-37-24(34)19-7-9-21(10-8-19)39-26(36)32-13-11-27(12-14-32)16-20(17-38-27)33(25(35)28(29,30)31)23-15-22(23)18-5-3-2-4-6-18;28-23(29)18-6-8-20(9-7-18)32-24(30)27-12-10-25(11-13-27)15-19(16-31-25)26-22-14-21(22)17-4-2-1-3-5-17;20-19(21,22)17(25)24(16-10-15(16)13-4-2-1-3-5-13)14-11-18(26-12-14)6-8-23-9-7-18;1-13-8(11)6-2-4-7(5-3-6)14-9(10)12/h2-10,20,22-23H,11-17H2,1H3;1-9,19,21-22,26H,10-16H2,(H,28,29);1-5,14-16,23H,6-12H2;2-5H,1H3/t20?,22-,23+;19?,21-,22+;14?,15-,16+;/m000./s1. The summed E-state index contributed by atoms with van der Waals surface area (Å²) in [6.45, 7) is 4.33. The Morgan fingerprint density at radius 3 is 1.22 bits per heavy atom. The first-order chi connectivity index (χ1) is 53.1. The van der Waals surface area contributed by atoms with Gasteiger partial charge in [0.15, 0.2) is 0 Å². The molecule has 592 valence electrons. The van der Waals surface area contributed by atoms with E-state index in [1.54, 1.807) is 4.90 Å². The Labute approximate surface area is 642 Å². The van der Waals surface area contributed by atoms with Crippen LogP contribution in [0.5, 0.6) is 17.2 Å². The van der Waals surface area contributed by atoms with Gasteiger partial charge in [0.2, 0.25) is 0 Å². The number of carbonyl (C=O) groups is 8. The molecule has 6 aromatic carbocycles. The average Bonchev–Trinajstić information content (AvgIpc) is 1.60. The second kappa shape index (κ2) is 34.9. The summed E-state index contributed by atoms with van der Waals surface area (Å²) in [6, 6.07) is 45.9. The van der Waals surface area contributed by atoms with Crippen molar-refractivity contribution in [2.24, 2.45) is 0 Å². The number of nitrogens with zero attached hydrogens (tertiary/aromatic N) is 4. The average molecular weight is 1570 g/mol. The molecule has 9 atom stereocenters. The molecule has 6 aromatic rings. The Hall–Kier alpha value is -9.65. The van der Waals surface area contributed by atoms with Gasteiger partial charge in [-0.25, -0.2) is 28.8 Å². The van der Waals surface area contributed by atoms with E-state index >= 15 is 0 Å². The fourth-order valence-electron chi connectivity index (χ4n) is 16.0. The number of halogens is 7. The molecule has 3 N–H and O–H groups in total. The molecule has 9 aliphatic rings. The maximum Gasteiger partial charge on any atom is 0.471 e. The second-order valence-electron chi connectivity index (χ2n) is 29.3. The molecule has 6 aliphatic heterocycles. The zero-order chi connectivity index (χ0) is 78.8. The lowest BCUT2D eigenvalue weighted by molar-refractivity contribution is -0.188. The van der Waals surface area contributed by atoms with Crippen LogP contribution < -0.4 is 24.8 Å². The highest BCUT2D eigenvalue weighted by Crippen LogP contribution is 2.52. The van der Waals surface area contributed by atoms with Crippen LogP contribution in [0.25, 0.3) is 0 Å². The van der Waals surface area contributed by atoms with Crippen molar-refractivity contribution in [1.82, 2.24) is 30.2 Å². The molecule has 3 saturated carbocycles. The predicted molar refractivity (Wildman–Crippen MR) is 390 cm³/mol. The minimum Gasteiger partial charge on any atom is -0.478 e. The number of piperidine rings is 3. The van der Waals surface area contributed by atoms with Gasteiger partial charge in [0.05, 0.1) is 79.6 Å². The van der Waals surface area contributed by atoms with Crippen molar-refractivity contribution < 1.29 is 108 Å². The van der Waals surface area contributed by atoms with Crippen molar-refractivity contribution >= 4 is 58.9 Å². The molecule has 3 spiro atoms. The largest absolute Gasteiger partial charge is 0.478 e. The number of ether oxygens (including phenoxy) is 8. The maximum atomic E-state index is 13.6. The quantitative estimate of drug-likeness (QED) is 0.0490. The van der Waals surface area contributed by atoms with E-state index in [1.165, 1.54) is 104 Å². The van der Waals surface area contributed by atoms with Crippen molar-refractivity contribution in [3.05, 3.63) is 197 Å². The first-order valence-corrected chi connectivity index (χ1v) is 37.4. The van der Waals surface area contributed by atoms with Crippen molar-refractivity contribution in [3.63, 3.8) is 0 Å². The molecule has 111 heavy (non-hydrogen) atoms. The number of carboxylic acid groups (broad SMARTS) is 1. The van der Waals surface area contributed by atoms with Gasteiger partial charge in [-0.15, -0.1) is 0 Å². The molecule has 6 saturated heterocycles. The van der Waals surface area contributed by atoms with E-state index in [-0.39, 0.29) is 59.7 Å². The number of hydrogen-bond donors (Lipinski definition) is 3. The van der Waals surface area contributed by atoms with Gasteiger partial charge < -0.3 is 73.2 Å². The first-order valence-electron chi connectivity index (χ1n) is 37.0. The van der Waals surface area contributed by atoms with E-state index in [0.717, 1.165) is 72.7 Å². The van der Waals surface area contributed by atoms with Gasteiger partial charge >= 0.3 is 59.7 Å². The van der Waals surface area contributed by atoms with Gasteiger partial charge in [-0.05, 0) is 180 Å². The number of rotatable bonds is 15. The summed E-state index contributed by atoms with van der Waals surface area (Å²) < 4.78 is 123. The van der Waals surface area contributed by atoms with Crippen LogP contribution in [-0.4, -0.2) is 211 Å². The summed E-state index contributed by atoms with van der Waals surface area (Å²) >= 11 is 4.99. The number of hydrogen-bond acceptors (Lipinski definition) is 18. The number of likely N-dealkylation sites (tertiary alicyclic amines) is 2. The summed E-state index contributed by atoms with van der Waals surface area (Å²) in [5, 5.41) is 16.0. The normalized spacial score (nSPS) is 24.2. The number of alkyl halides is 6. The van der Waals surface area contributed by atoms with Gasteiger partial charge in [-0.3, -0.25) is 9.59 Å². The molecule has 0 aromatic heterocycles. The Morgan fingerprint density at radius 2 is 0.838 bits per heavy atom. The number of amides is 4. The van der Waals surface area contributed by atoms with Gasteiger partial charge in [-0.1, -0.05) is 91.0 Å². The number of benzene rings is 6. The smallest absolute Gasteiger partial charge is 0.471 e. The number of carboxylic acids is 1. The topological polar surface area (TPSA) is 268 Å². The lowest BCUT2D eigenvalue weighted by atomic mass is 9.87. The van der Waals surface area contributed by atoms with Crippen LogP contribution in [0.1, 0.15) is 143 Å². The Bertz CT molecular complexity index is 4230. The SMILES string of the molecule is COC(=O)c1ccc(OC(=O)Cl)cc1.COC(=O)c1ccc(OC(=O)N2CCC3(CC2)CC(N(C(=O)C(F)(F)F)[C@@H]2C[C@H]2c2ccccc2)CO3)cc1.O=C(N(C1COC2(CCNCC2)C1)[C@@H]1C[C@H]1c1ccccc1)C(F)(F)F.O=C(O)c1ccc(OC(=O)N2CCC3(CC2)CC(N[C@@H]2C[C@H]2c2ccccc2)CO3)cc1. The summed E-state index contributed by atoms with van der Waals surface area (Å²) in [7, 11) is 2.56. The minimum atomic E-state index is -4.97. The Balaban J connectivity index is 0.000000144. The molecule has 15 rings (SSSR count). The van der Waals surface area contributed by atoms with Crippen molar-refractivity contribution in [1.29, 1.82) is 0 Å². The van der Waals surface area contributed by atoms with E-state index in [0.29, 0.717) is 93.2 Å². The summed E-state index contributed by atoms with van der Waals surface area (Å²) in [5.74, 6) is -4.17. The lowest BCUT2D eigenvalue weighted by Gasteiger charge is -2.38. The molecule has 23 nitrogen and oxygen atoms in total. The molecule has 3 unspecified atom stereocenters. The van der Waals surface area contributed by atoms with Crippen molar-refractivity contribution in [2.75, 3.05) is 73.3 Å². The molecule has 3 aliphatic carbocycles. The molecule has 6 heterocycles. The number of nitrogens with one attached hydrogen (secondary N) is 2. The van der Waals surface area contributed by atoms with Gasteiger partial charge in [0.25, 0.3) is 0 Å². The predicted octanol–water partition coefficient (Wildman–Crippen LogP) is 13.3. The highest BCUT2D eigenvalue weighted by molar-refractivity contribution is 6.61. The first kappa shape index (κ1) is 80.9. The van der Waals surface area contributed by atoms with Crippen LogP contribution in [-0.2, 0) is 33.3 Å². The number of esters is 2. The fourth-order valence-corrected chi connectivity index (χ4v) is 16.1. The Morgan fingerprint density at radius 1 is 0.477 bits per heavy atom. The molecule has 4 amide bonds. The van der Waals surface area contributed by atoms with Crippen LogP contribution in [0.3, 0.4) is 0 Å². The Kier molecular flexibility index (Phi) is 25.5. The van der Waals surface area contributed by atoms with E-state index in [1.807, 2.05) is 60.7 Å². The van der Waals surface area contributed by atoms with Crippen LogP contribution in [0, 0.1) is 0 Å². The molecule has 9 fully saturated rings. The van der Waals surface area contributed by atoms with Gasteiger partial charge in [0, 0.05) is 79.7 Å². The maximum absolute atomic E-state index is 13.6. The van der Waals surface area contributed by atoms with Gasteiger partial charge in [-0.2, -0.15) is 26.3 Å². The highest BCUT2D eigenvalue weighted by Gasteiger charge is 2.59. The van der Waals surface area contributed by atoms with Crippen LogP contribution >= 0.6 is 11.6 Å². The van der Waals surface area contributed by atoms with Gasteiger partial charge in [0.1, 0.15) is 17.2 Å².